The summed E-state index contributed by atoms with van der Waals surface area (Å²) < 4.78 is 0. The monoisotopic (exact) mass is 584 g/mol. The number of aliphatic imine (C=N–C) groups is 1. The zero-order valence-corrected chi connectivity index (χ0v) is 24.1. The predicted molar refractivity (Wildman–Crippen MR) is 162 cm³/mol. The molecule has 43 heavy (non-hydrogen) atoms. The number of carboxylic acids is 2. The van der Waals surface area contributed by atoms with Crippen molar-refractivity contribution in [3.8, 4) is 0 Å². The summed E-state index contributed by atoms with van der Waals surface area (Å²) in [5.74, 6) is -5.66. The molecule has 1 saturated heterocycles. The Balaban J connectivity index is 1.48. The van der Waals surface area contributed by atoms with E-state index in [4.69, 9.17) is 5.73 Å². The second-order valence-corrected chi connectivity index (χ2v) is 11.8. The summed E-state index contributed by atoms with van der Waals surface area (Å²) in [4.78, 5) is 43.8. The van der Waals surface area contributed by atoms with E-state index in [0.717, 1.165) is 13.1 Å². The van der Waals surface area contributed by atoms with Gasteiger partial charge in [0.25, 0.3) is 5.69 Å². The largest absolute Gasteiger partial charge is 0.481 e. The SMILES string of the molecule is CC(CC1CN(C(c2ccccc2)c2ccccc2)C1)C1(C(=O)O)C(C)N=C(N)C(C(=O)O)C1c1cccc([N+](=O)[O-])c1. The predicted octanol–water partition coefficient (Wildman–Crippen LogP) is 4.96. The summed E-state index contributed by atoms with van der Waals surface area (Å²) in [6.07, 6.45) is 0.511. The number of nitro benzene ring substituents is 1. The summed E-state index contributed by atoms with van der Waals surface area (Å²) in [5.41, 5.74) is 6.83. The van der Waals surface area contributed by atoms with Crippen LogP contribution in [-0.2, 0) is 9.59 Å². The molecule has 3 aromatic rings. The van der Waals surface area contributed by atoms with Gasteiger partial charge in [0.05, 0.1) is 17.0 Å². The van der Waals surface area contributed by atoms with Crippen molar-refractivity contribution >= 4 is 23.5 Å². The highest BCUT2D eigenvalue weighted by molar-refractivity contribution is 6.02. The van der Waals surface area contributed by atoms with Crippen LogP contribution in [0.2, 0.25) is 0 Å². The lowest BCUT2D eigenvalue weighted by atomic mass is 9.54. The van der Waals surface area contributed by atoms with Gasteiger partial charge in [-0.25, -0.2) is 0 Å². The summed E-state index contributed by atoms with van der Waals surface area (Å²) in [5, 5.41) is 32.8. The fourth-order valence-corrected chi connectivity index (χ4v) is 7.48. The molecule has 5 rings (SSSR count). The van der Waals surface area contributed by atoms with Crippen molar-refractivity contribution in [2.24, 2.45) is 33.9 Å². The quantitative estimate of drug-likeness (QED) is 0.223. The molecular weight excluding hydrogens is 548 g/mol. The first-order valence-electron chi connectivity index (χ1n) is 14.4. The van der Waals surface area contributed by atoms with Crippen LogP contribution in [0.15, 0.2) is 89.9 Å². The van der Waals surface area contributed by atoms with Crippen molar-refractivity contribution < 1.29 is 24.7 Å². The number of nitrogens with two attached hydrogens (primary N) is 1. The van der Waals surface area contributed by atoms with E-state index in [1.807, 2.05) is 43.3 Å². The maximum atomic E-state index is 13.4. The number of hydrogen-bond donors (Lipinski definition) is 3. The van der Waals surface area contributed by atoms with Gasteiger partial charge in [-0.05, 0) is 41.9 Å². The van der Waals surface area contributed by atoms with Gasteiger partial charge in [-0.15, -0.1) is 0 Å². The molecule has 2 aliphatic rings. The summed E-state index contributed by atoms with van der Waals surface area (Å²) in [6, 6.07) is 25.2. The van der Waals surface area contributed by atoms with Gasteiger partial charge in [-0.3, -0.25) is 29.6 Å². The summed E-state index contributed by atoms with van der Waals surface area (Å²) in [6.45, 7) is 4.95. The van der Waals surface area contributed by atoms with Crippen molar-refractivity contribution in [2.45, 2.75) is 38.3 Å². The van der Waals surface area contributed by atoms with Gasteiger partial charge in [0, 0.05) is 31.1 Å². The molecule has 1 fully saturated rings. The summed E-state index contributed by atoms with van der Waals surface area (Å²) in [7, 11) is 0. The lowest BCUT2D eigenvalue weighted by Gasteiger charge is -2.52. The van der Waals surface area contributed by atoms with E-state index in [1.165, 1.54) is 29.3 Å². The maximum Gasteiger partial charge on any atom is 0.314 e. The lowest BCUT2D eigenvalue weighted by Crippen LogP contribution is -2.60. The molecule has 2 heterocycles. The van der Waals surface area contributed by atoms with Gasteiger partial charge in [0.1, 0.15) is 17.2 Å². The van der Waals surface area contributed by atoms with Crippen molar-refractivity contribution in [2.75, 3.05) is 13.1 Å². The van der Waals surface area contributed by atoms with Gasteiger partial charge < -0.3 is 15.9 Å². The van der Waals surface area contributed by atoms with Crippen molar-refractivity contribution in [1.82, 2.24) is 4.90 Å². The van der Waals surface area contributed by atoms with Gasteiger partial charge in [0.2, 0.25) is 0 Å². The normalized spacial score (nSPS) is 25.0. The second kappa shape index (κ2) is 12.0. The molecule has 0 amide bonds. The molecule has 10 nitrogen and oxygen atoms in total. The van der Waals surface area contributed by atoms with E-state index in [0.29, 0.717) is 6.42 Å². The van der Waals surface area contributed by atoms with Crippen LogP contribution >= 0.6 is 0 Å². The van der Waals surface area contributed by atoms with Crippen LogP contribution < -0.4 is 5.73 Å². The zero-order chi connectivity index (χ0) is 30.9. The molecule has 0 saturated carbocycles. The van der Waals surface area contributed by atoms with E-state index in [-0.39, 0.29) is 29.0 Å². The molecule has 0 radical (unpaired) electrons. The molecule has 4 N–H and O–H groups in total. The number of likely N-dealkylation sites (tertiary alicyclic amines) is 1. The third kappa shape index (κ3) is 5.38. The Morgan fingerprint density at radius 3 is 2.12 bits per heavy atom. The van der Waals surface area contributed by atoms with E-state index >= 15 is 0 Å². The minimum atomic E-state index is -1.67. The number of non-ortho nitro benzene ring substituents is 1. The minimum absolute atomic E-state index is 0.0504. The molecule has 5 unspecified atom stereocenters. The third-order valence-corrected chi connectivity index (χ3v) is 9.36. The average molecular weight is 585 g/mol. The van der Waals surface area contributed by atoms with E-state index in [9.17, 15) is 29.9 Å². The molecule has 0 aliphatic carbocycles. The number of rotatable bonds is 10. The number of carboxylic acid groups (broad SMARTS) is 2. The van der Waals surface area contributed by atoms with Gasteiger partial charge >= 0.3 is 11.9 Å². The number of benzene rings is 3. The minimum Gasteiger partial charge on any atom is -0.481 e. The van der Waals surface area contributed by atoms with Crippen LogP contribution in [0.3, 0.4) is 0 Å². The van der Waals surface area contributed by atoms with Crippen molar-refractivity contribution in [3.63, 3.8) is 0 Å². The Bertz CT molecular complexity index is 1490. The summed E-state index contributed by atoms with van der Waals surface area (Å²) >= 11 is 0. The van der Waals surface area contributed by atoms with E-state index in [1.54, 1.807) is 13.0 Å². The molecule has 5 atom stereocenters. The Labute approximate surface area is 250 Å². The van der Waals surface area contributed by atoms with Crippen molar-refractivity contribution in [1.29, 1.82) is 0 Å². The lowest BCUT2D eigenvalue weighted by molar-refractivity contribution is -0.385. The Morgan fingerprint density at radius 2 is 1.60 bits per heavy atom. The number of amidine groups is 1. The molecule has 224 valence electrons. The van der Waals surface area contributed by atoms with Crippen LogP contribution in [0.1, 0.15) is 48.9 Å². The number of carbonyl (C=O) groups is 2. The molecule has 2 aliphatic heterocycles. The first kappa shape index (κ1) is 29.9. The number of nitrogens with zero attached hydrogens (tertiary/aromatic N) is 3. The number of nitro groups is 1. The third-order valence-electron chi connectivity index (χ3n) is 9.36. The molecule has 10 heteroatoms. The van der Waals surface area contributed by atoms with E-state index < -0.39 is 46.1 Å². The fraction of sp³-hybridized carbons (Fsp3) is 0.364. The maximum absolute atomic E-state index is 13.4. The van der Waals surface area contributed by atoms with Crippen LogP contribution in [0.4, 0.5) is 5.69 Å². The topological polar surface area (TPSA) is 159 Å². The fourth-order valence-electron chi connectivity index (χ4n) is 7.48. The highest BCUT2D eigenvalue weighted by atomic mass is 16.6. The average Bonchev–Trinajstić information content (AvgIpc) is 2.96. The number of aliphatic carboxylic acids is 2. The van der Waals surface area contributed by atoms with Crippen molar-refractivity contribution in [3.05, 3.63) is 112 Å². The Kier molecular flexibility index (Phi) is 8.32. The molecular formula is C33H36N4O6. The second-order valence-electron chi connectivity index (χ2n) is 11.8. The van der Waals surface area contributed by atoms with Gasteiger partial charge in [-0.1, -0.05) is 79.7 Å². The van der Waals surface area contributed by atoms with Gasteiger partial charge in [-0.2, -0.15) is 0 Å². The number of hydrogen-bond acceptors (Lipinski definition) is 7. The van der Waals surface area contributed by atoms with E-state index in [2.05, 4.69) is 34.2 Å². The smallest absolute Gasteiger partial charge is 0.314 e. The first-order valence-corrected chi connectivity index (χ1v) is 14.4. The van der Waals surface area contributed by atoms with Gasteiger partial charge in [0.15, 0.2) is 0 Å². The molecule has 3 aromatic carbocycles. The van der Waals surface area contributed by atoms with Crippen LogP contribution in [-0.4, -0.2) is 56.9 Å². The van der Waals surface area contributed by atoms with Crippen LogP contribution in [0.25, 0.3) is 0 Å². The highest BCUT2D eigenvalue weighted by Gasteiger charge is 2.62. The Morgan fingerprint density at radius 1 is 1.02 bits per heavy atom. The molecule has 0 bridgehead atoms. The zero-order valence-electron chi connectivity index (χ0n) is 24.1. The van der Waals surface area contributed by atoms with Crippen LogP contribution in [0, 0.1) is 33.3 Å². The molecule has 0 spiro atoms. The standard InChI is InChI=1S/C33H36N4O6/c1-20(16-22-18-36(19-22)29(23-10-5-3-6-11-23)24-12-7-4-8-13-24)33(32(40)41)21(2)35-30(34)27(31(38)39)28(33)25-14-9-15-26(17-25)37(42)43/h3-15,17,20-22,27-29H,16,18-19H2,1-2H3,(H2,34,35)(H,38,39)(H,40,41). The highest BCUT2D eigenvalue weighted by Crippen LogP contribution is 2.55. The first-order chi connectivity index (χ1) is 20.5. The Hall–Kier alpha value is -4.57. The molecule has 0 aromatic heterocycles. The van der Waals surface area contributed by atoms with Crippen LogP contribution in [0.5, 0.6) is 0 Å².